The summed E-state index contributed by atoms with van der Waals surface area (Å²) in [4.78, 5) is 17.4. The molecule has 3 aromatic rings. The molecule has 8 heteroatoms. The normalized spacial score (nSPS) is 22.2. The van der Waals surface area contributed by atoms with Gasteiger partial charge in [0.25, 0.3) is 0 Å². The summed E-state index contributed by atoms with van der Waals surface area (Å²) in [7, 11) is 3.96. The molecule has 3 aliphatic rings. The van der Waals surface area contributed by atoms with Gasteiger partial charge in [-0.1, -0.05) is 36.4 Å². The zero-order valence-corrected chi connectivity index (χ0v) is 22.7. The lowest BCUT2D eigenvalue weighted by atomic mass is 10.0. The number of methoxy groups -OCH3 is 1. The Balaban J connectivity index is 1.30. The molecule has 0 spiro atoms. The summed E-state index contributed by atoms with van der Waals surface area (Å²) >= 11 is 0. The molecule has 8 nitrogen and oxygen atoms in total. The largest absolute Gasteiger partial charge is 0.462 e. The average Bonchev–Trinajstić information content (AvgIpc) is 3.38. The summed E-state index contributed by atoms with van der Waals surface area (Å²) in [5.74, 6) is 1.06. The Bertz CT molecular complexity index is 1250. The fourth-order valence-corrected chi connectivity index (χ4v) is 6.24. The molecule has 3 aliphatic heterocycles. The molecule has 4 heterocycles. The van der Waals surface area contributed by atoms with Crippen molar-refractivity contribution in [2.75, 3.05) is 69.9 Å². The van der Waals surface area contributed by atoms with Gasteiger partial charge in [-0.3, -0.25) is 0 Å². The van der Waals surface area contributed by atoms with Crippen LogP contribution in [0.15, 0.2) is 42.5 Å². The Morgan fingerprint density at radius 2 is 1.92 bits per heavy atom. The van der Waals surface area contributed by atoms with Gasteiger partial charge in [-0.25, -0.2) is 0 Å². The number of nitrogens with zero attached hydrogens (tertiary/aromatic N) is 5. The van der Waals surface area contributed by atoms with E-state index in [-0.39, 0.29) is 0 Å². The Morgan fingerprint density at radius 1 is 1.03 bits per heavy atom. The number of piperazine rings is 1. The molecular weight excluding hydrogens is 476 g/mol. The molecule has 0 radical (unpaired) electrons. The number of likely N-dealkylation sites (tertiary alicyclic amines) is 1. The van der Waals surface area contributed by atoms with Crippen LogP contribution in [0.4, 0.5) is 11.5 Å². The number of ether oxygens (including phenoxy) is 2. The predicted molar refractivity (Wildman–Crippen MR) is 152 cm³/mol. The minimum Gasteiger partial charge on any atom is -0.462 e. The monoisotopic (exact) mass is 516 g/mol. The Morgan fingerprint density at radius 3 is 2.79 bits per heavy atom. The molecule has 6 rings (SSSR count). The van der Waals surface area contributed by atoms with Gasteiger partial charge in [0.15, 0.2) is 0 Å². The van der Waals surface area contributed by atoms with E-state index in [0.29, 0.717) is 24.7 Å². The van der Waals surface area contributed by atoms with Crippen LogP contribution in [0.3, 0.4) is 0 Å². The summed E-state index contributed by atoms with van der Waals surface area (Å²) in [5.41, 5.74) is 3.64. The van der Waals surface area contributed by atoms with Crippen molar-refractivity contribution in [2.24, 2.45) is 0 Å². The summed E-state index contributed by atoms with van der Waals surface area (Å²) < 4.78 is 11.7. The number of fused-ring (bicyclic) bond motifs is 2. The molecule has 2 aromatic carbocycles. The van der Waals surface area contributed by atoms with Crippen molar-refractivity contribution in [3.63, 3.8) is 0 Å². The van der Waals surface area contributed by atoms with Crippen molar-refractivity contribution in [1.29, 1.82) is 0 Å². The topological polar surface area (TPSA) is 66.0 Å². The molecule has 0 saturated carbocycles. The van der Waals surface area contributed by atoms with Crippen LogP contribution in [0.25, 0.3) is 10.8 Å². The van der Waals surface area contributed by atoms with Gasteiger partial charge in [-0.05, 0) is 50.7 Å². The molecule has 2 fully saturated rings. The molecule has 2 saturated heterocycles. The van der Waals surface area contributed by atoms with Gasteiger partial charge in [0.1, 0.15) is 12.4 Å². The van der Waals surface area contributed by atoms with Crippen LogP contribution in [-0.2, 0) is 17.7 Å². The molecule has 2 atom stereocenters. The lowest BCUT2D eigenvalue weighted by Crippen LogP contribution is -2.52. The highest BCUT2D eigenvalue weighted by Gasteiger charge is 2.29. The van der Waals surface area contributed by atoms with Crippen molar-refractivity contribution >= 4 is 22.3 Å². The molecular formula is C30H40N6O2. The van der Waals surface area contributed by atoms with E-state index in [2.05, 4.69) is 69.5 Å². The quantitative estimate of drug-likeness (QED) is 0.488. The van der Waals surface area contributed by atoms with Crippen LogP contribution >= 0.6 is 0 Å². The molecule has 0 amide bonds. The van der Waals surface area contributed by atoms with E-state index in [4.69, 9.17) is 19.4 Å². The zero-order chi connectivity index (χ0) is 25.9. The van der Waals surface area contributed by atoms with Crippen LogP contribution in [0.5, 0.6) is 6.01 Å². The number of hydrogen-bond donors (Lipinski definition) is 1. The summed E-state index contributed by atoms with van der Waals surface area (Å²) in [6, 6.07) is 16.6. The van der Waals surface area contributed by atoms with E-state index in [1.807, 2.05) is 0 Å². The lowest BCUT2D eigenvalue weighted by Gasteiger charge is -2.38. The third kappa shape index (κ3) is 5.30. The van der Waals surface area contributed by atoms with E-state index in [9.17, 15) is 0 Å². The maximum Gasteiger partial charge on any atom is 0.318 e. The second kappa shape index (κ2) is 11.4. The third-order valence-electron chi connectivity index (χ3n) is 8.43. The van der Waals surface area contributed by atoms with Gasteiger partial charge < -0.3 is 29.5 Å². The van der Waals surface area contributed by atoms with Crippen LogP contribution in [0.1, 0.15) is 30.5 Å². The average molecular weight is 517 g/mol. The second-order valence-electron chi connectivity index (χ2n) is 10.9. The van der Waals surface area contributed by atoms with Crippen molar-refractivity contribution < 1.29 is 9.47 Å². The minimum absolute atomic E-state index is 0.390. The number of likely N-dealkylation sites (N-methyl/N-ethyl adjacent to an activating group) is 1. The van der Waals surface area contributed by atoms with Gasteiger partial charge in [-0.2, -0.15) is 9.97 Å². The van der Waals surface area contributed by atoms with E-state index >= 15 is 0 Å². The molecule has 1 N–H and O–H groups in total. The van der Waals surface area contributed by atoms with Gasteiger partial charge in [0.05, 0.1) is 12.2 Å². The maximum absolute atomic E-state index is 6.32. The first-order valence-corrected chi connectivity index (χ1v) is 14.1. The molecule has 202 valence electrons. The molecule has 0 aliphatic carbocycles. The van der Waals surface area contributed by atoms with Crippen molar-refractivity contribution in [2.45, 2.75) is 44.3 Å². The standard InChI is InChI=1S/C30H40N6O2/c1-34-15-6-9-24(34)21-38-30-32-27-20-35(28-11-5-8-22-7-3-4-10-25(22)28)16-12-26(27)29(33-30)36-17-14-31-23(19-36)13-18-37-2/h3-5,7-8,10-11,23-24,31H,6,9,12-21H2,1-2H3/t23-,24-/m0/s1. The minimum atomic E-state index is 0.390. The highest BCUT2D eigenvalue weighted by Crippen LogP contribution is 2.34. The lowest BCUT2D eigenvalue weighted by molar-refractivity contribution is 0.180. The Hall–Kier alpha value is -2.94. The first kappa shape index (κ1) is 25.3. The van der Waals surface area contributed by atoms with E-state index in [1.165, 1.54) is 34.9 Å². The van der Waals surface area contributed by atoms with Crippen LogP contribution in [0.2, 0.25) is 0 Å². The van der Waals surface area contributed by atoms with E-state index < -0.39 is 0 Å². The van der Waals surface area contributed by atoms with Crippen LogP contribution in [-0.4, -0.2) is 87.0 Å². The number of benzene rings is 2. The summed E-state index contributed by atoms with van der Waals surface area (Å²) in [5, 5.41) is 6.21. The molecule has 0 bridgehead atoms. The van der Waals surface area contributed by atoms with Gasteiger partial charge in [-0.15, -0.1) is 0 Å². The van der Waals surface area contributed by atoms with Gasteiger partial charge >= 0.3 is 6.01 Å². The van der Waals surface area contributed by atoms with E-state index in [1.54, 1.807) is 7.11 Å². The van der Waals surface area contributed by atoms with E-state index in [0.717, 1.165) is 70.2 Å². The fraction of sp³-hybridized carbons (Fsp3) is 0.533. The molecule has 0 unspecified atom stereocenters. The Labute approximate surface area is 225 Å². The predicted octanol–water partition coefficient (Wildman–Crippen LogP) is 3.48. The molecule has 38 heavy (non-hydrogen) atoms. The number of hydrogen-bond acceptors (Lipinski definition) is 8. The zero-order valence-electron chi connectivity index (χ0n) is 22.7. The molecule has 1 aromatic heterocycles. The van der Waals surface area contributed by atoms with Crippen molar-refractivity contribution in [3.05, 3.63) is 53.7 Å². The smallest absolute Gasteiger partial charge is 0.318 e. The van der Waals surface area contributed by atoms with Gasteiger partial charge in [0, 0.05) is 68.6 Å². The number of aromatic nitrogens is 2. The highest BCUT2D eigenvalue weighted by atomic mass is 16.5. The SMILES string of the molecule is COCC[C@H]1CN(c2nc(OC[C@@H]3CCCN3C)nc3c2CCN(c2cccc4ccccc24)C3)CCN1. The first-order chi connectivity index (χ1) is 18.7. The summed E-state index contributed by atoms with van der Waals surface area (Å²) in [6.07, 6.45) is 4.31. The first-order valence-electron chi connectivity index (χ1n) is 14.1. The van der Waals surface area contributed by atoms with Crippen molar-refractivity contribution in [3.8, 4) is 6.01 Å². The van der Waals surface area contributed by atoms with Crippen LogP contribution in [0, 0.1) is 0 Å². The second-order valence-corrected chi connectivity index (χ2v) is 10.9. The van der Waals surface area contributed by atoms with Gasteiger partial charge in [0.2, 0.25) is 0 Å². The Kier molecular flexibility index (Phi) is 7.63. The fourth-order valence-electron chi connectivity index (χ4n) is 6.24. The van der Waals surface area contributed by atoms with Crippen LogP contribution < -0.4 is 19.9 Å². The number of nitrogens with one attached hydrogen (secondary N) is 1. The number of anilines is 2. The summed E-state index contributed by atoms with van der Waals surface area (Å²) in [6.45, 7) is 7.04. The maximum atomic E-state index is 6.32. The van der Waals surface area contributed by atoms with Crippen molar-refractivity contribution in [1.82, 2.24) is 20.2 Å². The third-order valence-corrected chi connectivity index (χ3v) is 8.43. The number of rotatable bonds is 8. The highest BCUT2D eigenvalue weighted by molar-refractivity contribution is 5.94.